The normalized spacial score (nSPS) is 12.3. The molecule has 0 bridgehead atoms. The molecular formula is C8H9N2O2S. The monoisotopic (exact) mass is 197 g/mol. The quantitative estimate of drug-likeness (QED) is 0.661. The number of hydrogen-bond donors (Lipinski definition) is 0. The summed E-state index contributed by atoms with van der Waals surface area (Å²) in [6.45, 7) is 0. The van der Waals surface area contributed by atoms with Crippen molar-refractivity contribution in [2.75, 3.05) is 0 Å². The fraction of sp³-hybridized carbons (Fsp3) is 0.375. The average molecular weight is 197 g/mol. The molecule has 1 heterocycles. The van der Waals surface area contributed by atoms with Gasteiger partial charge in [0, 0.05) is 18.0 Å². The van der Waals surface area contributed by atoms with Crippen LogP contribution in [0.15, 0.2) is 11.6 Å². The fourth-order valence-corrected chi connectivity index (χ4v) is 1.78. The van der Waals surface area contributed by atoms with Gasteiger partial charge in [-0.2, -0.15) is 0 Å². The molecule has 0 aromatic carbocycles. The standard InChI is InChI=1S/C8H9N2O2S/c9-7(12)6(2-1-4-11)8-10-3-5-13-8/h3-6,9H,1-2H2. The molecule has 0 saturated heterocycles. The van der Waals surface area contributed by atoms with E-state index in [-0.39, 0.29) is 0 Å². The van der Waals surface area contributed by atoms with Gasteiger partial charge in [0.05, 0.1) is 5.92 Å². The van der Waals surface area contributed by atoms with E-state index in [1.807, 2.05) is 0 Å². The molecule has 1 aromatic rings. The van der Waals surface area contributed by atoms with E-state index in [0.717, 1.165) is 6.29 Å². The Hall–Kier alpha value is -1.23. The van der Waals surface area contributed by atoms with Gasteiger partial charge in [-0.15, -0.1) is 11.3 Å². The summed E-state index contributed by atoms with van der Waals surface area (Å²) in [5.41, 5.74) is 7.00. The van der Waals surface area contributed by atoms with E-state index in [1.54, 1.807) is 11.6 Å². The number of carbonyl (C=O) groups excluding carboxylic acids is 2. The zero-order valence-corrected chi connectivity index (χ0v) is 7.71. The van der Waals surface area contributed by atoms with Crippen LogP contribution in [-0.2, 0) is 9.59 Å². The first-order valence-electron chi connectivity index (χ1n) is 3.84. The molecule has 1 aromatic heterocycles. The van der Waals surface area contributed by atoms with E-state index in [9.17, 15) is 9.59 Å². The molecule has 1 atom stereocenters. The van der Waals surface area contributed by atoms with Gasteiger partial charge in [-0.1, -0.05) is 0 Å². The summed E-state index contributed by atoms with van der Waals surface area (Å²) < 4.78 is 0. The second-order valence-electron chi connectivity index (χ2n) is 2.53. The minimum Gasteiger partial charge on any atom is -0.303 e. The molecule has 0 spiro atoms. The van der Waals surface area contributed by atoms with Crippen molar-refractivity contribution >= 4 is 23.5 Å². The first kappa shape index (κ1) is 9.85. The summed E-state index contributed by atoms with van der Waals surface area (Å²) >= 11 is 1.34. The van der Waals surface area contributed by atoms with Gasteiger partial charge in [-0.25, -0.2) is 4.98 Å². The maximum atomic E-state index is 10.9. The number of nitrogens with zero attached hydrogens (tertiary/aromatic N) is 1. The number of aromatic nitrogens is 1. The van der Waals surface area contributed by atoms with Crippen molar-refractivity contribution in [3.63, 3.8) is 0 Å². The number of nitrogens with one attached hydrogen (secondary N) is 1. The Morgan fingerprint density at radius 1 is 1.77 bits per heavy atom. The van der Waals surface area contributed by atoms with Crippen molar-refractivity contribution in [2.24, 2.45) is 0 Å². The summed E-state index contributed by atoms with van der Waals surface area (Å²) in [7, 11) is 0. The minimum absolute atomic E-state index is 0.300. The Morgan fingerprint density at radius 3 is 3.00 bits per heavy atom. The Bertz CT molecular complexity index is 284. The highest BCUT2D eigenvalue weighted by Crippen LogP contribution is 2.22. The first-order chi connectivity index (χ1) is 6.25. The Morgan fingerprint density at radius 2 is 2.54 bits per heavy atom. The van der Waals surface area contributed by atoms with E-state index in [1.165, 1.54) is 11.3 Å². The summed E-state index contributed by atoms with van der Waals surface area (Å²) in [5, 5.41) is 2.38. The molecule has 1 N–H and O–H groups in total. The molecule has 1 radical (unpaired) electrons. The van der Waals surface area contributed by atoms with Crippen LogP contribution in [-0.4, -0.2) is 17.2 Å². The summed E-state index contributed by atoms with van der Waals surface area (Å²) in [4.78, 5) is 24.9. The molecule has 13 heavy (non-hydrogen) atoms. The highest BCUT2D eigenvalue weighted by atomic mass is 32.1. The topological polar surface area (TPSA) is 70.8 Å². The lowest BCUT2D eigenvalue weighted by atomic mass is 10.0. The molecule has 1 rings (SSSR count). The second-order valence-corrected chi connectivity index (χ2v) is 3.46. The van der Waals surface area contributed by atoms with Crippen molar-refractivity contribution in [3.8, 4) is 0 Å². The molecule has 0 saturated carbocycles. The van der Waals surface area contributed by atoms with Crippen molar-refractivity contribution in [3.05, 3.63) is 16.6 Å². The van der Waals surface area contributed by atoms with Crippen molar-refractivity contribution < 1.29 is 9.59 Å². The van der Waals surface area contributed by atoms with E-state index in [4.69, 9.17) is 5.73 Å². The number of rotatable bonds is 5. The van der Waals surface area contributed by atoms with Crippen LogP contribution in [0.3, 0.4) is 0 Å². The lowest BCUT2D eigenvalue weighted by molar-refractivity contribution is -0.120. The van der Waals surface area contributed by atoms with Crippen molar-refractivity contribution in [2.45, 2.75) is 18.8 Å². The molecule has 4 nitrogen and oxygen atoms in total. The second kappa shape index (κ2) is 4.71. The molecular weight excluding hydrogens is 188 g/mol. The van der Waals surface area contributed by atoms with Gasteiger partial charge in [0.1, 0.15) is 11.3 Å². The van der Waals surface area contributed by atoms with Crippen molar-refractivity contribution in [1.29, 1.82) is 0 Å². The zero-order valence-electron chi connectivity index (χ0n) is 6.90. The molecule has 1 unspecified atom stereocenters. The molecule has 1 amide bonds. The average Bonchev–Trinajstić information content (AvgIpc) is 2.57. The molecule has 0 fully saturated rings. The van der Waals surface area contributed by atoms with Crippen LogP contribution in [0.25, 0.3) is 0 Å². The van der Waals surface area contributed by atoms with Gasteiger partial charge in [0.15, 0.2) is 0 Å². The van der Waals surface area contributed by atoms with Crippen LogP contribution in [0.5, 0.6) is 0 Å². The predicted molar refractivity (Wildman–Crippen MR) is 48.3 cm³/mol. The van der Waals surface area contributed by atoms with Crippen LogP contribution < -0.4 is 5.73 Å². The lowest BCUT2D eigenvalue weighted by Gasteiger charge is -2.06. The summed E-state index contributed by atoms with van der Waals surface area (Å²) in [6, 6.07) is 0. The number of hydrogen-bond acceptors (Lipinski definition) is 4. The zero-order chi connectivity index (χ0) is 9.68. The number of aldehydes is 1. The van der Waals surface area contributed by atoms with Crippen LogP contribution in [0, 0.1) is 0 Å². The summed E-state index contributed by atoms with van der Waals surface area (Å²) in [5.74, 6) is -1.19. The molecule has 0 aliphatic heterocycles. The molecule has 69 valence electrons. The van der Waals surface area contributed by atoms with Crippen LogP contribution in [0.2, 0.25) is 0 Å². The third-order valence-electron chi connectivity index (χ3n) is 1.64. The van der Waals surface area contributed by atoms with Gasteiger partial charge in [-0.3, -0.25) is 10.5 Å². The van der Waals surface area contributed by atoms with Crippen LogP contribution in [0.1, 0.15) is 23.8 Å². The van der Waals surface area contributed by atoms with Crippen LogP contribution in [0.4, 0.5) is 0 Å². The lowest BCUT2D eigenvalue weighted by Crippen LogP contribution is -2.13. The van der Waals surface area contributed by atoms with E-state index < -0.39 is 11.8 Å². The smallest absolute Gasteiger partial charge is 0.248 e. The van der Waals surface area contributed by atoms with E-state index >= 15 is 0 Å². The van der Waals surface area contributed by atoms with E-state index in [0.29, 0.717) is 17.8 Å². The molecule has 0 aliphatic rings. The van der Waals surface area contributed by atoms with Crippen LogP contribution >= 0.6 is 11.3 Å². The maximum absolute atomic E-state index is 10.9. The SMILES string of the molecule is [NH]C(=O)C(CCC=O)c1nccs1. The third kappa shape index (κ3) is 2.62. The molecule has 5 heteroatoms. The number of amides is 1. The predicted octanol–water partition coefficient (Wildman–Crippen LogP) is 1.02. The van der Waals surface area contributed by atoms with Gasteiger partial charge >= 0.3 is 0 Å². The fourth-order valence-electron chi connectivity index (χ4n) is 1.01. The minimum atomic E-state index is -0.670. The Kier molecular flexibility index (Phi) is 3.57. The van der Waals surface area contributed by atoms with Gasteiger partial charge < -0.3 is 4.79 Å². The molecule has 0 aliphatic carbocycles. The van der Waals surface area contributed by atoms with Gasteiger partial charge in [-0.05, 0) is 6.42 Å². The van der Waals surface area contributed by atoms with Crippen molar-refractivity contribution in [1.82, 2.24) is 10.7 Å². The highest BCUT2D eigenvalue weighted by Gasteiger charge is 2.20. The number of carbonyl (C=O) groups is 2. The summed E-state index contributed by atoms with van der Waals surface area (Å²) in [6.07, 6.45) is 3.04. The Labute approximate surface area is 79.8 Å². The third-order valence-corrected chi connectivity index (χ3v) is 2.53. The largest absolute Gasteiger partial charge is 0.303 e. The maximum Gasteiger partial charge on any atom is 0.248 e. The van der Waals surface area contributed by atoms with E-state index in [2.05, 4.69) is 4.98 Å². The number of thiazole rings is 1. The van der Waals surface area contributed by atoms with Gasteiger partial charge in [0.2, 0.25) is 5.91 Å². The Balaban J connectivity index is 2.68. The van der Waals surface area contributed by atoms with Gasteiger partial charge in [0.25, 0.3) is 0 Å². The highest BCUT2D eigenvalue weighted by molar-refractivity contribution is 7.09. The first-order valence-corrected chi connectivity index (χ1v) is 4.72.